The zero-order chi connectivity index (χ0) is 20.1. The molecule has 0 aliphatic carbocycles. The maximum atomic E-state index is 13.7. The van der Waals surface area contributed by atoms with Crippen molar-refractivity contribution in [2.24, 2.45) is 0 Å². The van der Waals surface area contributed by atoms with Crippen LogP contribution in [0.25, 0.3) is 11.1 Å². The van der Waals surface area contributed by atoms with Crippen LogP contribution in [0.15, 0.2) is 72.8 Å². The summed E-state index contributed by atoms with van der Waals surface area (Å²) in [6.45, 7) is 0. The summed E-state index contributed by atoms with van der Waals surface area (Å²) in [6.07, 6.45) is 0.0267. The molecule has 3 rings (SSSR count). The largest absolute Gasteiger partial charge is 0.480 e. The van der Waals surface area contributed by atoms with Gasteiger partial charge in [0.15, 0.2) is 0 Å². The Bertz CT molecular complexity index is 988. The van der Waals surface area contributed by atoms with Gasteiger partial charge in [-0.3, -0.25) is 4.79 Å². The first-order chi connectivity index (χ1) is 13.4. The monoisotopic (exact) mass is 381 g/mol. The van der Waals surface area contributed by atoms with Gasteiger partial charge >= 0.3 is 5.97 Å². The van der Waals surface area contributed by atoms with Crippen LogP contribution in [0.5, 0.6) is 0 Å². The van der Waals surface area contributed by atoms with Crippen LogP contribution in [0.4, 0.5) is 8.78 Å². The Hall–Kier alpha value is -3.54. The fourth-order valence-corrected chi connectivity index (χ4v) is 2.81. The molecule has 2 N–H and O–H groups in total. The Balaban J connectivity index is 1.72. The number of nitrogens with one attached hydrogen (secondary N) is 1. The van der Waals surface area contributed by atoms with Crippen molar-refractivity contribution >= 4 is 11.9 Å². The number of carboxylic acid groups (broad SMARTS) is 1. The highest BCUT2D eigenvalue weighted by Crippen LogP contribution is 2.20. The van der Waals surface area contributed by atoms with E-state index in [0.29, 0.717) is 11.6 Å². The molecule has 0 saturated heterocycles. The van der Waals surface area contributed by atoms with E-state index in [-0.39, 0.29) is 6.42 Å². The number of carbonyl (C=O) groups excluding carboxylic acids is 1. The summed E-state index contributed by atoms with van der Waals surface area (Å²) in [6, 6.07) is 18.2. The predicted octanol–water partition coefficient (Wildman–Crippen LogP) is 4.06. The van der Waals surface area contributed by atoms with E-state index >= 15 is 0 Å². The molecule has 0 spiro atoms. The van der Waals surface area contributed by atoms with E-state index in [0.717, 1.165) is 23.3 Å². The standard InChI is InChI=1S/C22H17F2NO3/c23-17-10-11-18(19(24)13-17)21(26)25-20(22(27)28)12-14-6-8-16(9-7-14)15-4-2-1-3-5-15/h1-11,13,20H,12H2,(H,25,26)(H,27,28)/t20-/m1/s1. The number of halogens is 2. The lowest BCUT2D eigenvalue weighted by Gasteiger charge is -2.15. The van der Waals surface area contributed by atoms with Crippen LogP contribution in [-0.4, -0.2) is 23.0 Å². The topological polar surface area (TPSA) is 66.4 Å². The molecule has 4 nitrogen and oxygen atoms in total. The van der Waals surface area contributed by atoms with Crippen molar-refractivity contribution in [3.8, 4) is 11.1 Å². The molecule has 3 aromatic carbocycles. The number of hydrogen-bond acceptors (Lipinski definition) is 2. The van der Waals surface area contributed by atoms with Crippen LogP contribution in [-0.2, 0) is 11.2 Å². The third kappa shape index (κ3) is 4.59. The minimum atomic E-state index is -1.25. The molecule has 0 fully saturated rings. The second-order valence-electron chi connectivity index (χ2n) is 6.26. The zero-order valence-electron chi connectivity index (χ0n) is 14.7. The minimum Gasteiger partial charge on any atom is -0.480 e. The first kappa shape index (κ1) is 19.2. The van der Waals surface area contributed by atoms with Gasteiger partial charge in [0.2, 0.25) is 0 Å². The van der Waals surface area contributed by atoms with Crippen LogP contribution in [0.2, 0.25) is 0 Å². The second-order valence-corrected chi connectivity index (χ2v) is 6.26. The first-order valence-electron chi connectivity index (χ1n) is 8.57. The van der Waals surface area contributed by atoms with Crippen molar-refractivity contribution in [3.63, 3.8) is 0 Å². The molecule has 1 atom stereocenters. The molecule has 0 aromatic heterocycles. The molecule has 142 valence electrons. The zero-order valence-corrected chi connectivity index (χ0v) is 14.7. The Morgan fingerprint density at radius 3 is 2.14 bits per heavy atom. The summed E-state index contributed by atoms with van der Waals surface area (Å²) < 4.78 is 26.7. The average molecular weight is 381 g/mol. The van der Waals surface area contributed by atoms with Crippen molar-refractivity contribution in [2.75, 3.05) is 0 Å². The number of benzene rings is 3. The first-order valence-corrected chi connectivity index (χ1v) is 8.57. The van der Waals surface area contributed by atoms with E-state index in [1.54, 1.807) is 12.1 Å². The number of amides is 1. The molecule has 0 saturated carbocycles. The maximum absolute atomic E-state index is 13.7. The van der Waals surface area contributed by atoms with Gasteiger partial charge in [-0.15, -0.1) is 0 Å². The number of hydrogen-bond donors (Lipinski definition) is 2. The van der Waals surface area contributed by atoms with Crippen LogP contribution < -0.4 is 5.32 Å². The molecule has 0 unspecified atom stereocenters. The quantitative estimate of drug-likeness (QED) is 0.677. The second kappa shape index (κ2) is 8.43. The van der Waals surface area contributed by atoms with Gasteiger partial charge in [-0.1, -0.05) is 54.6 Å². The van der Waals surface area contributed by atoms with E-state index in [9.17, 15) is 23.5 Å². The van der Waals surface area contributed by atoms with Gasteiger partial charge in [0, 0.05) is 12.5 Å². The molecule has 6 heteroatoms. The summed E-state index contributed by atoms with van der Waals surface area (Å²) in [5.74, 6) is -4.02. The molecular formula is C22H17F2NO3. The normalized spacial score (nSPS) is 11.6. The highest BCUT2D eigenvalue weighted by atomic mass is 19.1. The van der Waals surface area contributed by atoms with Gasteiger partial charge in [-0.2, -0.15) is 0 Å². The minimum absolute atomic E-state index is 0.0267. The average Bonchev–Trinajstić information content (AvgIpc) is 2.68. The molecule has 28 heavy (non-hydrogen) atoms. The van der Waals surface area contributed by atoms with Crippen LogP contribution in [0.3, 0.4) is 0 Å². The molecule has 0 aliphatic heterocycles. The van der Waals surface area contributed by atoms with Gasteiger partial charge in [0.1, 0.15) is 17.7 Å². The Labute approximate surface area is 160 Å². The molecular weight excluding hydrogens is 364 g/mol. The number of aliphatic carboxylic acids is 1. The van der Waals surface area contributed by atoms with E-state index in [1.165, 1.54) is 0 Å². The molecule has 0 heterocycles. The van der Waals surface area contributed by atoms with Gasteiger partial charge < -0.3 is 10.4 Å². The van der Waals surface area contributed by atoms with Crippen molar-refractivity contribution in [1.82, 2.24) is 5.32 Å². The van der Waals surface area contributed by atoms with E-state index < -0.39 is 35.1 Å². The SMILES string of the molecule is O=C(N[C@H](Cc1ccc(-c2ccccc2)cc1)C(=O)O)c1ccc(F)cc1F. The molecule has 3 aromatic rings. The summed E-state index contributed by atoms with van der Waals surface area (Å²) in [5.41, 5.74) is 2.30. The smallest absolute Gasteiger partial charge is 0.326 e. The third-order valence-corrected chi connectivity index (χ3v) is 4.28. The van der Waals surface area contributed by atoms with Crippen LogP contribution >= 0.6 is 0 Å². The maximum Gasteiger partial charge on any atom is 0.326 e. The summed E-state index contributed by atoms with van der Waals surface area (Å²) >= 11 is 0. The Morgan fingerprint density at radius 1 is 0.893 bits per heavy atom. The number of carboxylic acids is 1. The molecule has 0 radical (unpaired) electrons. The lowest BCUT2D eigenvalue weighted by atomic mass is 10.0. The Morgan fingerprint density at radius 2 is 1.54 bits per heavy atom. The van der Waals surface area contributed by atoms with Gasteiger partial charge in [-0.25, -0.2) is 13.6 Å². The van der Waals surface area contributed by atoms with E-state index in [4.69, 9.17) is 0 Å². The van der Waals surface area contributed by atoms with Gasteiger partial charge in [0.05, 0.1) is 5.56 Å². The van der Waals surface area contributed by atoms with Gasteiger partial charge in [-0.05, 0) is 28.8 Å². The van der Waals surface area contributed by atoms with Gasteiger partial charge in [0.25, 0.3) is 5.91 Å². The van der Waals surface area contributed by atoms with Crippen molar-refractivity contribution in [2.45, 2.75) is 12.5 Å². The summed E-state index contributed by atoms with van der Waals surface area (Å²) in [7, 11) is 0. The van der Waals surface area contributed by atoms with Crippen LogP contribution in [0, 0.1) is 11.6 Å². The lowest BCUT2D eigenvalue weighted by molar-refractivity contribution is -0.139. The van der Waals surface area contributed by atoms with Crippen molar-refractivity contribution < 1.29 is 23.5 Å². The molecule has 0 aliphatic rings. The fourth-order valence-electron chi connectivity index (χ4n) is 2.81. The van der Waals surface area contributed by atoms with E-state index in [2.05, 4.69) is 5.32 Å². The lowest BCUT2D eigenvalue weighted by Crippen LogP contribution is -2.42. The fraction of sp³-hybridized carbons (Fsp3) is 0.0909. The molecule has 0 bridgehead atoms. The number of rotatable bonds is 6. The highest BCUT2D eigenvalue weighted by Gasteiger charge is 2.23. The van der Waals surface area contributed by atoms with E-state index in [1.807, 2.05) is 42.5 Å². The van der Waals surface area contributed by atoms with Crippen LogP contribution in [0.1, 0.15) is 15.9 Å². The third-order valence-electron chi connectivity index (χ3n) is 4.28. The highest BCUT2D eigenvalue weighted by molar-refractivity contribution is 5.96. The summed E-state index contributed by atoms with van der Waals surface area (Å²) in [5, 5.41) is 11.7. The predicted molar refractivity (Wildman–Crippen MR) is 101 cm³/mol. The molecule has 1 amide bonds. The van der Waals surface area contributed by atoms with Crippen molar-refractivity contribution in [3.05, 3.63) is 95.6 Å². The number of carbonyl (C=O) groups is 2. The Kier molecular flexibility index (Phi) is 5.79. The summed E-state index contributed by atoms with van der Waals surface area (Å²) in [4.78, 5) is 23.7. The van der Waals surface area contributed by atoms with Crippen molar-refractivity contribution in [1.29, 1.82) is 0 Å².